The fourth-order valence-corrected chi connectivity index (χ4v) is 2.04. The summed E-state index contributed by atoms with van der Waals surface area (Å²) in [6.45, 7) is 0. The number of hydrogen-bond donors (Lipinski definition) is 0. The molecule has 0 atom stereocenters. The van der Waals surface area contributed by atoms with Crippen LogP contribution >= 0.6 is 15.9 Å². The molecule has 0 aromatic carbocycles. The first-order chi connectivity index (χ1) is 2.91. The van der Waals surface area contributed by atoms with Gasteiger partial charge in [-0.3, -0.25) is 0 Å². The van der Waals surface area contributed by atoms with Crippen molar-refractivity contribution in [3.05, 3.63) is 0 Å². The molecule has 0 aliphatic heterocycles. The van der Waals surface area contributed by atoms with E-state index in [1.165, 1.54) is 22.1 Å². The summed E-state index contributed by atoms with van der Waals surface area (Å²) in [5.74, 6) is 0. The van der Waals surface area contributed by atoms with E-state index in [1.54, 1.807) is 0 Å². The van der Waals surface area contributed by atoms with Gasteiger partial charge in [0, 0.05) is 0 Å². The zero-order chi connectivity index (χ0) is 4.83. The summed E-state index contributed by atoms with van der Waals surface area (Å²) in [6, 6.07) is 0. The summed E-state index contributed by atoms with van der Waals surface area (Å²) in [6.07, 6.45) is 2.83. The number of rotatable bonds is 3. The molecule has 0 amide bonds. The van der Waals surface area contributed by atoms with Crippen molar-refractivity contribution in [1.82, 2.24) is 0 Å². The van der Waals surface area contributed by atoms with Crippen molar-refractivity contribution in [2.75, 3.05) is 5.33 Å². The molecule has 0 radical (unpaired) electrons. The van der Waals surface area contributed by atoms with E-state index in [9.17, 15) is 0 Å². The third-order valence-electron chi connectivity index (χ3n) is 0.634. The van der Waals surface area contributed by atoms with Crippen molar-refractivity contribution in [3.8, 4) is 0 Å². The molecule has 0 aromatic heterocycles. The van der Waals surface area contributed by atoms with Crippen LogP contribution in [0.25, 0.3) is 0 Å². The summed E-state index contributed by atoms with van der Waals surface area (Å²) < 4.78 is 1.52. The van der Waals surface area contributed by atoms with Crippen molar-refractivity contribution in [1.29, 1.82) is 0 Å². The maximum absolute atomic E-state index is 3.37. The van der Waals surface area contributed by atoms with Gasteiger partial charge in [-0.2, -0.15) is 0 Å². The molecule has 0 bridgehead atoms. The van der Waals surface area contributed by atoms with Crippen LogP contribution in [0.15, 0.2) is 0 Å². The molecule has 0 N–H and O–H groups in total. The molecule has 33 valence electrons. The summed E-state index contributed by atoms with van der Waals surface area (Å²) in [7, 11) is 0. The Labute approximate surface area is 63.8 Å². The molecular weight excluding hydrogens is 329 g/mol. The summed E-state index contributed by atoms with van der Waals surface area (Å²) >= 11 is 4.42. The Hall–Kier alpha value is 1.42. The second-order valence-electron chi connectivity index (χ2n) is 1.25. The maximum atomic E-state index is 3.37. The summed E-state index contributed by atoms with van der Waals surface area (Å²) in [5, 5.41) is 1.20. The number of halogens is 1. The summed E-state index contributed by atoms with van der Waals surface area (Å²) in [4.78, 5) is 0. The second-order valence-corrected chi connectivity index (χ2v) is 4.79. The van der Waals surface area contributed by atoms with E-state index in [0.717, 1.165) is 26.1 Å². The molecule has 0 saturated heterocycles. The fourth-order valence-electron chi connectivity index (χ4n) is 0.271. The Balaban J connectivity index is 2.34. The molecule has 0 rings (SSSR count). The van der Waals surface area contributed by atoms with Gasteiger partial charge in [0.2, 0.25) is 0 Å². The minimum atomic E-state index is 1.05. The van der Waals surface area contributed by atoms with Crippen molar-refractivity contribution < 1.29 is 26.1 Å². The van der Waals surface area contributed by atoms with Gasteiger partial charge in [0.1, 0.15) is 0 Å². The third-order valence-corrected chi connectivity index (χ3v) is 3.14. The number of alkyl halides is 1. The van der Waals surface area contributed by atoms with E-state index in [1.807, 2.05) is 0 Å². The van der Waals surface area contributed by atoms with Gasteiger partial charge < -0.3 is 0 Å². The van der Waals surface area contributed by atoms with Crippen molar-refractivity contribution in [3.63, 3.8) is 0 Å². The van der Waals surface area contributed by atoms with Gasteiger partial charge in [0.25, 0.3) is 0 Å². The molecule has 0 heterocycles. The van der Waals surface area contributed by atoms with Crippen LogP contribution in [0.3, 0.4) is 0 Å². The Morgan fingerprint density at radius 3 is 2.17 bits per heavy atom. The molecule has 2 heteroatoms. The molecule has 0 fully saturated rings. The van der Waals surface area contributed by atoms with Crippen LogP contribution in [0.5, 0.6) is 0 Å². The topological polar surface area (TPSA) is 0 Å². The third kappa shape index (κ3) is 5.42. The second kappa shape index (κ2) is 6.42. The Bertz CT molecular complexity index is 19.5. The van der Waals surface area contributed by atoms with Crippen LogP contribution < -0.4 is 0 Å². The number of hydrogen-bond acceptors (Lipinski definition) is 0. The first kappa shape index (κ1) is 7.42. The van der Waals surface area contributed by atoms with E-state index < -0.39 is 0 Å². The molecule has 0 unspecified atom stereocenters. The minimum absolute atomic E-state index is 1.05. The molecule has 0 spiro atoms. The summed E-state index contributed by atoms with van der Waals surface area (Å²) in [5.41, 5.74) is 0. The van der Waals surface area contributed by atoms with Gasteiger partial charge in [0.15, 0.2) is 0 Å². The first-order valence-electron chi connectivity index (χ1n) is 2.27. The van der Waals surface area contributed by atoms with E-state index in [-0.39, 0.29) is 0 Å². The molecule has 0 aliphatic carbocycles. The van der Waals surface area contributed by atoms with Gasteiger partial charge in [-0.1, -0.05) is 0 Å². The average Bonchev–Trinajstić information content (AvgIpc) is 1.61. The van der Waals surface area contributed by atoms with Gasteiger partial charge in [0.05, 0.1) is 0 Å². The van der Waals surface area contributed by atoms with Crippen LogP contribution in [0.2, 0.25) is 3.93 Å². The number of unbranched alkanes of at least 4 members (excludes halogenated alkanes) is 1. The average molecular weight is 337 g/mol. The van der Waals surface area contributed by atoms with Gasteiger partial charge in [-0.15, -0.1) is 0 Å². The van der Waals surface area contributed by atoms with Crippen LogP contribution in [0, 0.1) is 0 Å². The Morgan fingerprint density at radius 1 is 1.33 bits per heavy atom. The standard InChI is InChI=1S/C4H8Br.Hg/c1-2-3-4-5;/h1-4H2;. The van der Waals surface area contributed by atoms with Crippen molar-refractivity contribution in [2.45, 2.75) is 16.8 Å². The quantitative estimate of drug-likeness (QED) is 0.421. The molecule has 0 aliphatic rings. The van der Waals surface area contributed by atoms with E-state index in [4.69, 9.17) is 0 Å². The zero-order valence-corrected chi connectivity index (χ0v) is 11.0. The van der Waals surface area contributed by atoms with E-state index in [2.05, 4.69) is 15.9 Å². The molecule has 0 aromatic rings. The molecule has 0 nitrogen and oxygen atoms in total. The molecular formula is C4H8BrHg. The van der Waals surface area contributed by atoms with Gasteiger partial charge in [-0.25, -0.2) is 0 Å². The van der Waals surface area contributed by atoms with Gasteiger partial charge >= 0.3 is 64.2 Å². The predicted octanol–water partition coefficient (Wildman–Crippen LogP) is 2.13. The predicted molar refractivity (Wildman–Crippen MR) is 27.8 cm³/mol. The zero-order valence-electron chi connectivity index (χ0n) is 3.91. The van der Waals surface area contributed by atoms with Crippen LogP contribution in [-0.2, 0) is 26.1 Å². The van der Waals surface area contributed by atoms with Crippen molar-refractivity contribution >= 4 is 15.9 Å². The first-order valence-corrected chi connectivity index (χ1v) is 7.28. The van der Waals surface area contributed by atoms with Crippen LogP contribution in [0.4, 0.5) is 0 Å². The Morgan fingerprint density at radius 2 is 2.00 bits per heavy atom. The van der Waals surface area contributed by atoms with Crippen molar-refractivity contribution in [2.24, 2.45) is 0 Å². The fraction of sp³-hybridized carbons (Fsp3) is 1.00. The Kier molecular flexibility index (Phi) is 7.93. The monoisotopic (exact) mass is 337 g/mol. The van der Waals surface area contributed by atoms with Crippen LogP contribution in [-0.4, -0.2) is 5.33 Å². The SMILES string of the molecule is BrCCC[CH2][Hg]. The normalized spacial score (nSPS) is 9.17. The van der Waals surface area contributed by atoms with Crippen LogP contribution in [0.1, 0.15) is 12.8 Å². The molecule has 6 heavy (non-hydrogen) atoms. The van der Waals surface area contributed by atoms with Gasteiger partial charge in [-0.05, 0) is 0 Å². The molecule has 0 saturated carbocycles. The van der Waals surface area contributed by atoms with E-state index in [0.29, 0.717) is 0 Å². The van der Waals surface area contributed by atoms with E-state index >= 15 is 0 Å².